The number of hydrogen-bond donors (Lipinski definition) is 1. The van der Waals surface area contributed by atoms with Gasteiger partial charge < -0.3 is 14.3 Å². The molecule has 3 aliphatic rings. The lowest BCUT2D eigenvalue weighted by Crippen LogP contribution is -2.66. The van der Waals surface area contributed by atoms with Gasteiger partial charge in [-0.15, -0.1) is 0 Å². The molecule has 0 saturated carbocycles. The van der Waals surface area contributed by atoms with E-state index in [4.69, 9.17) is 9.16 Å². The Morgan fingerprint density at radius 1 is 0.911 bits per heavy atom. The van der Waals surface area contributed by atoms with Crippen LogP contribution in [0, 0.1) is 27.9 Å². The number of non-ortho nitro benzene ring substituents is 1. The van der Waals surface area contributed by atoms with Crippen molar-refractivity contribution in [3.05, 3.63) is 142 Å². The largest absolute Gasteiger partial charge is 0.508 e. The third kappa shape index (κ3) is 7.41. The number of rotatable bonds is 13. The van der Waals surface area contributed by atoms with E-state index in [2.05, 4.69) is 82.3 Å². The molecule has 2 aliphatic heterocycles. The molecule has 0 radical (unpaired) electrons. The molecule has 7 rings (SSSR count). The molecule has 1 N–H and O–H groups in total. The van der Waals surface area contributed by atoms with Gasteiger partial charge in [0.05, 0.1) is 41.8 Å². The van der Waals surface area contributed by atoms with Crippen molar-refractivity contribution in [1.29, 1.82) is 0 Å². The Kier molecular flexibility index (Phi) is 11.3. The lowest BCUT2D eigenvalue weighted by atomic mass is 9.69. The van der Waals surface area contributed by atoms with Crippen LogP contribution in [0.1, 0.15) is 65.4 Å². The summed E-state index contributed by atoms with van der Waals surface area (Å²) in [7, 11) is -2.97. The lowest BCUT2D eigenvalue weighted by molar-refractivity contribution is -0.384. The average Bonchev–Trinajstić information content (AvgIpc) is 3.72. The summed E-state index contributed by atoms with van der Waals surface area (Å²) in [4.78, 5) is 41.1. The highest BCUT2D eigenvalue weighted by molar-refractivity contribution is 6.99. The number of phenols is 1. The van der Waals surface area contributed by atoms with Gasteiger partial charge in [-0.25, -0.2) is 4.90 Å². The summed E-state index contributed by atoms with van der Waals surface area (Å²) in [5.41, 5.74) is 4.28. The number of imide groups is 1. The van der Waals surface area contributed by atoms with Crippen LogP contribution in [0.15, 0.2) is 126 Å². The van der Waals surface area contributed by atoms with Crippen molar-refractivity contribution in [2.75, 3.05) is 18.1 Å². The molecule has 0 spiro atoms. The van der Waals surface area contributed by atoms with Gasteiger partial charge in [0.15, 0.2) is 0 Å². The lowest BCUT2D eigenvalue weighted by Gasteiger charge is -2.44. The third-order valence-electron chi connectivity index (χ3n) is 11.7. The zero-order valence-electron chi connectivity index (χ0n) is 32.5. The molecular formula is C46H50N2O7Si. The predicted molar refractivity (Wildman–Crippen MR) is 221 cm³/mol. The van der Waals surface area contributed by atoms with Gasteiger partial charge in [-0.1, -0.05) is 125 Å². The van der Waals surface area contributed by atoms with Gasteiger partial charge in [0.2, 0.25) is 11.8 Å². The van der Waals surface area contributed by atoms with Crippen molar-refractivity contribution in [3.8, 4) is 5.75 Å². The number of fused-ring (bicyclic) bond motifs is 3. The zero-order chi connectivity index (χ0) is 39.6. The Morgan fingerprint density at radius 3 is 2.21 bits per heavy atom. The molecule has 2 fully saturated rings. The number of hydrogen-bond acceptors (Lipinski definition) is 7. The molecule has 2 amide bonds. The molecule has 4 atom stereocenters. The van der Waals surface area contributed by atoms with Crippen LogP contribution in [0.5, 0.6) is 5.75 Å². The van der Waals surface area contributed by atoms with Gasteiger partial charge in [-0.3, -0.25) is 19.7 Å². The maximum absolute atomic E-state index is 14.4. The zero-order valence-corrected chi connectivity index (χ0v) is 33.5. The first-order valence-electron chi connectivity index (χ1n) is 19.6. The molecule has 10 heteroatoms. The fraction of sp³-hybridized carbons (Fsp3) is 0.348. The fourth-order valence-corrected chi connectivity index (χ4v) is 13.9. The van der Waals surface area contributed by atoms with Crippen LogP contribution in [0.2, 0.25) is 5.04 Å². The summed E-state index contributed by atoms with van der Waals surface area (Å²) in [6, 6.07) is 33.9. The summed E-state index contributed by atoms with van der Waals surface area (Å²) in [6.45, 7) is 9.44. The first-order chi connectivity index (χ1) is 26.9. The fourth-order valence-electron chi connectivity index (χ4n) is 9.32. The minimum atomic E-state index is -2.97. The van der Waals surface area contributed by atoms with Gasteiger partial charge >= 0.3 is 0 Å². The van der Waals surface area contributed by atoms with E-state index >= 15 is 0 Å². The Bertz CT molecular complexity index is 2120. The van der Waals surface area contributed by atoms with Gasteiger partial charge in [-0.05, 0) is 76.0 Å². The SMILES string of the molecule is CCC/C(=C\c1cccc(O)c1)CC[C@H]1OC[C@H]2C1=C(CO[Si](c1ccccc1)(c1ccccc1)C(C)(C)C)C[C@H]1C(=O)N(c3cccc([N+](=O)[O-])c3)C(=O)[C@H]12. The highest BCUT2D eigenvalue weighted by Gasteiger charge is 2.58. The number of benzene rings is 4. The number of phenolic OH excluding ortho intramolecular Hbond substituents is 1. The number of amides is 2. The molecule has 0 bridgehead atoms. The summed E-state index contributed by atoms with van der Waals surface area (Å²) in [5, 5.41) is 23.8. The van der Waals surface area contributed by atoms with E-state index in [-0.39, 0.29) is 52.6 Å². The van der Waals surface area contributed by atoms with Gasteiger partial charge in [0.25, 0.3) is 14.0 Å². The van der Waals surface area contributed by atoms with E-state index in [1.807, 2.05) is 24.3 Å². The van der Waals surface area contributed by atoms with E-state index in [0.29, 0.717) is 19.4 Å². The number of allylic oxidation sites excluding steroid dienone is 1. The quantitative estimate of drug-likeness (QED) is 0.0477. The molecule has 9 nitrogen and oxygen atoms in total. The van der Waals surface area contributed by atoms with Crippen LogP contribution in [0.25, 0.3) is 6.08 Å². The van der Waals surface area contributed by atoms with E-state index in [1.54, 1.807) is 18.2 Å². The Hall–Kier alpha value is -5.16. The second kappa shape index (κ2) is 16.1. The van der Waals surface area contributed by atoms with Crippen LogP contribution in [0.3, 0.4) is 0 Å². The molecule has 0 unspecified atom stereocenters. The van der Waals surface area contributed by atoms with Crippen molar-refractivity contribution in [3.63, 3.8) is 0 Å². The van der Waals surface area contributed by atoms with Crippen LogP contribution in [0.4, 0.5) is 11.4 Å². The molecule has 0 aromatic heterocycles. The first kappa shape index (κ1) is 39.1. The molecule has 56 heavy (non-hydrogen) atoms. The van der Waals surface area contributed by atoms with E-state index < -0.39 is 25.1 Å². The van der Waals surface area contributed by atoms with Crippen LogP contribution < -0.4 is 15.3 Å². The minimum Gasteiger partial charge on any atom is -0.508 e. The number of nitro benzene ring substituents is 1. The minimum absolute atomic E-state index is 0.179. The number of carbonyl (C=O) groups excluding carboxylic acids is 2. The summed E-state index contributed by atoms with van der Waals surface area (Å²) >= 11 is 0. The Morgan fingerprint density at radius 2 is 1.59 bits per heavy atom. The highest BCUT2D eigenvalue weighted by atomic mass is 28.4. The van der Waals surface area contributed by atoms with Crippen molar-refractivity contribution in [1.82, 2.24) is 0 Å². The van der Waals surface area contributed by atoms with Crippen LogP contribution in [-0.4, -0.2) is 49.5 Å². The van der Waals surface area contributed by atoms with E-state index in [0.717, 1.165) is 51.2 Å². The second-order valence-corrected chi connectivity index (χ2v) is 20.6. The molecule has 2 saturated heterocycles. The maximum atomic E-state index is 14.4. The van der Waals surface area contributed by atoms with Crippen LogP contribution >= 0.6 is 0 Å². The summed E-state index contributed by atoms with van der Waals surface area (Å²) in [6.07, 6.45) is 5.51. The molecule has 290 valence electrons. The summed E-state index contributed by atoms with van der Waals surface area (Å²) in [5.74, 6) is -2.08. The highest BCUT2D eigenvalue weighted by Crippen LogP contribution is 2.51. The number of carbonyl (C=O) groups is 2. The smallest absolute Gasteiger partial charge is 0.271 e. The first-order valence-corrected chi connectivity index (χ1v) is 21.5. The predicted octanol–water partition coefficient (Wildman–Crippen LogP) is 8.36. The van der Waals surface area contributed by atoms with Gasteiger partial charge in [0.1, 0.15) is 5.75 Å². The number of ether oxygens (including phenoxy) is 1. The monoisotopic (exact) mass is 770 g/mol. The van der Waals surface area contributed by atoms with Crippen molar-refractivity contribution < 1.29 is 28.8 Å². The molecule has 2 heterocycles. The van der Waals surface area contributed by atoms with Gasteiger partial charge in [0, 0.05) is 18.1 Å². The molecule has 4 aromatic rings. The summed E-state index contributed by atoms with van der Waals surface area (Å²) < 4.78 is 14.1. The third-order valence-corrected chi connectivity index (χ3v) is 16.7. The van der Waals surface area contributed by atoms with E-state index in [1.165, 1.54) is 23.8 Å². The average molecular weight is 771 g/mol. The van der Waals surface area contributed by atoms with Crippen molar-refractivity contribution >= 4 is 48.0 Å². The number of nitrogens with zero attached hydrogens (tertiary/aromatic N) is 2. The molecule has 1 aliphatic carbocycles. The normalized spacial score (nSPS) is 21.4. The van der Waals surface area contributed by atoms with Crippen molar-refractivity contribution in [2.24, 2.45) is 17.8 Å². The van der Waals surface area contributed by atoms with Gasteiger partial charge in [-0.2, -0.15) is 0 Å². The Balaban J connectivity index is 1.28. The topological polar surface area (TPSA) is 119 Å². The second-order valence-electron chi connectivity index (χ2n) is 16.3. The maximum Gasteiger partial charge on any atom is 0.271 e. The standard InChI is InChI=1S/C46H50N2O7Si/c1-5-14-31(25-32-15-12-18-36(49)26-32)23-24-41-42-33(29-55-56(46(2,3)4,37-19-8-6-9-20-37)38-21-10-7-11-22-38)27-39-43(40(42)30-54-41)45(51)47(44(39)50)34-16-13-17-35(28-34)48(52)53/h6-13,15-22,25-26,28,39-41,43,49H,5,14,23-24,27,29-30H2,1-4H3/b31-25+/t39-,40+,41-,43-/m1/s1. The van der Waals surface area contributed by atoms with E-state index in [9.17, 15) is 24.8 Å². The molecular weight excluding hydrogens is 721 g/mol. The number of aromatic hydroxyl groups is 1. The van der Waals surface area contributed by atoms with Crippen LogP contribution in [-0.2, 0) is 18.8 Å². The Labute approximate surface area is 329 Å². The number of nitro groups is 1. The van der Waals surface area contributed by atoms with Crippen molar-refractivity contribution in [2.45, 2.75) is 70.9 Å². The molecule has 4 aromatic carbocycles. The number of anilines is 1.